The molecule has 2 rings (SSSR count). The molecule has 0 saturated carbocycles. The molecule has 1 fully saturated rings. The predicted octanol–water partition coefficient (Wildman–Crippen LogP) is 1.85. The van der Waals surface area contributed by atoms with Crippen LogP contribution in [0.5, 0.6) is 0 Å². The molecule has 0 bridgehead atoms. The summed E-state index contributed by atoms with van der Waals surface area (Å²) < 4.78 is 13.4. The highest BCUT2D eigenvalue weighted by Crippen LogP contribution is 2.22. The lowest BCUT2D eigenvalue weighted by Gasteiger charge is -2.17. The zero-order chi connectivity index (χ0) is 10.8. The van der Waals surface area contributed by atoms with Gasteiger partial charge in [-0.2, -0.15) is 0 Å². The van der Waals surface area contributed by atoms with E-state index in [4.69, 9.17) is 0 Å². The van der Waals surface area contributed by atoms with Gasteiger partial charge in [-0.3, -0.25) is 4.79 Å². The molecule has 1 aliphatic heterocycles. The molecule has 0 aliphatic carbocycles. The maximum atomic E-state index is 13.4. The normalized spacial score (nSPS) is 21.1. The van der Waals surface area contributed by atoms with E-state index in [2.05, 4.69) is 5.43 Å². The van der Waals surface area contributed by atoms with E-state index in [-0.39, 0.29) is 17.8 Å². The van der Waals surface area contributed by atoms with E-state index in [1.54, 1.807) is 18.2 Å². The van der Waals surface area contributed by atoms with E-state index in [0.29, 0.717) is 12.1 Å². The molecule has 1 saturated heterocycles. The van der Waals surface area contributed by atoms with Gasteiger partial charge in [-0.15, -0.1) is 0 Å². The number of halogens is 1. The molecule has 1 unspecified atom stereocenters. The molecule has 4 heteroatoms. The van der Waals surface area contributed by atoms with Crippen LogP contribution in [-0.4, -0.2) is 11.9 Å². The fraction of sp³-hybridized carbons (Fsp3) is 0.364. The van der Waals surface area contributed by atoms with Gasteiger partial charge < -0.3 is 0 Å². The number of hydrogen-bond donors (Lipinski definition) is 1. The number of para-hydroxylation sites is 1. The molecule has 1 N–H and O–H groups in total. The molecule has 0 aromatic heterocycles. The summed E-state index contributed by atoms with van der Waals surface area (Å²) in [6.45, 7) is 2.00. The van der Waals surface area contributed by atoms with E-state index in [0.717, 1.165) is 6.42 Å². The first kappa shape index (κ1) is 10.1. The van der Waals surface area contributed by atoms with Gasteiger partial charge in [0, 0.05) is 12.5 Å². The quantitative estimate of drug-likeness (QED) is 0.804. The van der Waals surface area contributed by atoms with Crippen molar-refractivity contribution in [1.29, 1.82) is 0 Å². The van der Waals surface area contributed by atoms with Crippen LogP contribution in [0.2, 0.25) is 0 Å². The van der Waals surface area contributed by atoms with Crippen LogP contribution in [0.15, 0.2) is 24.3 Å². The van der Waals surface area contributed by atoms with Crippen molar-refractivity contribution in [1.82, 2.24) is 5.43 Å². The van der Waals surface area contributed by atoms with Crippen LogP contribution < -0.4 is 10.4 Å². The summed E-state index contributed by atoms with van der Waals surface area (Å²) in [4.78, 5) is 11.6. The highest BCUT2D eigenvalue weighted by Gasteiger charge is 2.30. The van der Waals surface area contributed by atoms with Crippen molar-refractivity contribution >= 4 is 11.6 Å². The molecule has 1 aliphatic rings. The number of carbonyl (C=O) groups excluding carboxylic acids is 1. The first-order chi connectivity index (χ1) is 7.22. The van der Waals surface area contributed by atoms with E-state index in [1.165, 1.54) is 11.1 Å². The molecular formula is C11H13FN2O. The number of carbonyl (C=O) groups is 1. The molecule has 80 valence electrons. The maximum absolute atomic E-state index is 13.4. The van der Waals surface area contributed by atoms with Gasteiger partial charge in [-0.25, -0.2) is 14.8 Å². The minimum atomic E-state index is -0.380. The van der Waals surface area contributed by atoms with E-state index in [9.17, 15) is 9.18 Å². The average molecular weight is 208 g/mol. The SMILES string of the molecule is CCC1CC(=O)N(c2ccccc2F)N1. The minimum absolute atomic E-state index is 0.0769. The molecule has 1 aromatic rings. The summed E-state index contributed by atoms with van der Waals surface area (Å²) in [6, 6.07) is 6.39. The van der Waals surface area contributed by atoms with E-state index in [1.807, 2.05) is 6.92 Å². The molecule has 15 heavy (non-hydrogen) atoms. The second-order valence-electron chi connectivity index (χ2n) is 3.62. The molecule has 0 radical (unpaired) electrons. The van der Waals surface area contributed by atoms with Crippen molar-refractivity contribution in [2.45, 2.75) is 25.8 Å². The molecule has 1 heterocycles. The van der Waals surface area contributed by atoms with Crippen LogP contribution in [0.3, 0.4) is 0 Å². The molecule has 3 nitrogen and oxygen atoms in total. The molecule has 1 aromatic carbocycles. The Kier molecular flexibility index (Phi) is 2.68. The summed E-state index contributed by atoms with van der Waals surface area (Å²) in [7, 11) is 0. The van der Waals surface area contributed by atoms with Crippen molar-refractivity contribution in [2.24, 2.45) is 0 Å². The largest absolute Gasteiger partial charge is 0.273 e. The lowest BCUT2D eigenvalue weighted by molar-refractivity contribution is -0.117. The number of nitrogens with zero attached hydrogens (tertiary/aromatic N) is 1. The lowest BCUT2D eigenvalue weighted by Crippen LogP contribution is -2.37. The Hall–Kier alpha value is -1.42. The average Bonchev–Trinajstić information content (AvgIpc) is 2.60. The third-order valence-electron chi connectivity index (χ3n) is 2.57. The Morgan fingerprint density at radius 3 is 2.87 bits per heavy atom. The van der Waals surface area contributed by atoms with Gasteiger partial charge in [0.25, 0.3) is 0 Å². The predicted molar refractivity (Wildman–Crippen MR) is 55.7 cm³/mol. The van der Waals surface area contributed by atoms with Crippen LogP contribution in [0, 0.1) is 5.82 Å². The number of hydrogen-bond acceptors (Lipinski definition) is 2. The first-order valence-electron chi connectivity index (χ1n) is 5.06. The highest BCUT2D eigenvalue weighted by atomic mass is 19.1. The van der Waals surface area contributed by atoms with Gasteiger partial charge in [0.2, 0.25) is 5.91 Å². The number of hydrazine groups is 1. The second kappa shape index (κ2) is 3.98. The Bertz CT molecular complexity index is 381. The first-order valence-corrected chi connectivity index (χ1v) is 5.06. The molecule has 0 spiro atoms. The van der Waals surface area contributed by atoms with Crippen LogP contribution >= 0.6 is 0 Å². The third kappa shape index (κ3) is 1.85. The van der Waals surface area contributed by atoms with Gasteiger partial charge in [0.1, 0.15) is 5.82 Å². The van der Waals surface area contributed by atoms with Gasteiger partial charge in [-0.05, 0) is 18.6 Å². The Morgan fingerprint density at radius 1 is 1.53 bits per heavy atom. The number of amides is 1. The number of rotatable bonds is 2. The minimum Gasteiger partial charge on any atom is -0.273 e. The topological polar surface area (TPSA) is 32.3 Å². The van der Waals surface area contributed by atoms with Crippen molar-refractivity contribution < 1.29 is 9.18 Å². The summed E-state index contributed by atoms with van der Waals surface area (Å²) >= 11 is 0. The maximum Gasteiger partial charge on any atom is 0.243 e. The summed E-state index contributed by atoms with van der Waals surface area (Å²) in [5.74, 6) is -0.456. The number of anilines is 1. The Labute approximate surface area is 87.9 Å². The Morgan fingerprint density at radius 2 is 2.27 bits per heavy atom. The number of benzene rings is 1. The zero-order valence-electron chi connectivity index (χ0n) is 8.53. The van der Waals surface area contributed by atoms with Crippen LogP contribution in [0.1, 0.15) is 19.8 Å². The standard InChI is InChI=1S/C11H13FN2O/c1-2-8-7-11(15)14(13-8)10-6-4-3-5-9(10)12/h3-6,8,13H,2,7H2,1H3. The Balaban J connectivity index is 2.25. The van der Waals surface area contributed by atoms with E-state index < -0.39 is 0 Å². The second-order valence-corrected chi connectivity index (χ2v) is 3.62. The molecular weight excluding hydrogens is 195 g/mol. The van der Waals surface area contributed by atoms with Crippen molar-refractivity contribution in [3.8, 4) is 0 Å². The summed E-state index contributed by atoms with van der Waals surface area (Å²) in [5, 5.41) is 1.31. The fourth-order valence-corrected chi connectivity index (χ4v) is 1.67. The zero-order valence-corrected chi connectivity index (χ0v) is 8.53. The number of nitrogens with one attached hydrogen (secondary N) is 1. The van der Waals surface area contributed by atoms with E-state index >= 15 is 0 Å². The van der Waals surface area contributed by atoms with Gasteiger partial charge >= 0.3 is 0 Å². The summed E-state index contributed by atoms with van der Waals surface area (Å²) in [6.07, 6.45) is 1.29. The third-order valence-corrected chi connectivity index (χ3v) is 2.57. The van der Waals surface area contributed by atoms with Crippen LogP contribution in [0.25, 0.3) is 0 Å². The van der Waals surface area contributed by atoms with Gasteiger partial charge in [0.05, 0.1) is 5.69 Å². The van der Waals surface area contributed by atoms with Gasteiger partial charge in [-0.1, -0.05) is 19.1 Å². The van der Waals surface area contributed by atoms with Crippen LogP contribution in [0.4, 0.5) is 10.1 Å². The monoisotopic (exact) mass is 208 g/mol. The lowest BCUT2D eigenvalue weighted by atomic mass is 10.2. The smallest absolute Gasteiger partial charge is 0.243 e. The fourth-order valence-electron chi connectivity index (χ4n) is 1.67. The molecule has 1 atom stereocenters. The van der Waals surface area contributed by atoms with Crippen molar-refractivity contribution in [3.63, 3.8) is 0 Å². The highest BCUT2D eigenvalue weighted by molar-refractivity contribution is 5.94. The van der Waals surface area contributed by atoms with Crippen molar-refractivity contribution in [3.05, 3.63) is 30.1 Å². The van der Waals surface area contributed by atoms with Gasteiger partial charge in [0.15, 0.2) is 0 Å². The summed E-state index contributed by atoms with van der Waals surface area (Å²) in [5.41, 5.74) is 3.30. The molecule has 1 amide bonds. The van der Waals surface area contributed by atoms with Crippen molar-refractivity contribution in [2.75, 3.05) is 5.01 Å². The van der Waals surface area contributed by atoms with Crippen LogP contribution in [-0.2, 0) is 4.79 Å².